The van der Waals surface area contributed by atoms with Crippen LogP contribution in [0.1, 0.15) is 0 Å². The van der Waals surface area contributed by atoms with Gasteiger partial charge in [0.1, 0.15) is 11.0 Å². The number of halogens is 3. The van der Waals surface area contributed by atoms with Crippen LogP contribution >= 0.6 is 27.7 Å². The van der Waals surface area contributed by atoms with Crippen LogP contribution in [0.25, 0.3) is 22.2 Å². The van der Waals surface area contributed by atoms with Crippen LogP contribution < -0.4 is 0 Å². The largest absolute Gasteiger partial charge is 0.204 e. The Hall–Kier alpha value is -1.40. The molecule has 0 aliphatic carbocycles. The van der Waals surface area contributed by atoms with E-state index < -0.39 is 11.6 Å². The fourth-order valence-corrected chi connectivity index (χ4v) is 2.80. The molecule has 0 N–H and O–H groups in total. The molecule has 0 saturated heterocycles. The van der Waals surface area contributed by atoms with E-state index in [2.05, 4.69) is 24.7 Å². The molecule has 0 spiro atoms. The number of aromatic nitrogens is 2. The molecular weight excluding hydrogens is 322 g/mol. The van der Waals surface area contributed by atoms with Gasteiger partial charge >= 0.3 is 0 Å². The van der Waals surface area contributed by atoms with Gasteiger partial charge in [0.2, 0.25) is 0 Å². The minimum atomic E-state index is -0.916. The normalized spacial score (nSPS) is 11.1. The van der Waals surface area contributed by atoms with E-state index in [1.807, 2.05) is 0 Å². The molecule has 3 aromatic rings. The first-order valence-corrected chi connectivity index (χ1v) is 6.56. The molecule has 18 heavy (non-hydrogen) atoms. The van der Waals surface area contributed by atoms with Crippen molar-refractivity contribution in [3.63, 3.8) is 0 Å². The monoisotopic (exact) mass is 326 g/mol. The van der Waals surface area contributed by atoms with Crippen molar-refractivity contribution < 1.29 is 8.78 Å². The van der Waals surface area contributed by atoms with Crippen molar-refractivity contribution in [2.45, 2.75) is 0 Å². The molecule has 0 amide bonds. The molecule has 6 heteroatoms. The number of benzene rings is 2. The molecule has 2 aromatic carbocycles. The zero-order chi connectivity index (χ0) is 12.7. The van der Waals surface area contributed by atoms with E-state index in [1.165, 1.54) is 0 Å². The second kappa shape index (κ2) is 4.37. The quantitative estimate of drug-likeness (QED) is 0.662. The summed E-state index contributed by atoms with van der Waals surface area (Å²) in [6.07, 6.45) is 0. The molecule has 0 aliphatic heterocycles. The fraction of sp³-hybridized carbons (Fsp3) is 0. The molecule has 0 unspecified atom stereocenters. The van der Waals surface area contributed by atoms with Gasteiger partial charge in [-0.1, -0.05) is 34.1 Å². The smallest absolute Gasteiger partial charge is 0.169 e. The van der Waals surface area contributed by atoms with Crippen LogP contribution in [0.15, 0.2) is 34.8 Å². The lowest BCUT2D eigenvalue weighted by atomic mass is 10.0. The van der Waals surface area contributed by atoms with Gasteiger partial charge in [0.15, 0.2) is 11.6 Å². The highest BCUT2D eigenvalue weighted by atomic mass is 79.9. The van der Waals surface area contributed by atoms with Gasteiger partial charge in [-0.15, -0.1) is 0 Å². The van der Waals surface area contributed by atoms with E-state index >= 15 is 0 Å². The Balaban J connectivity index is 2.44. The zero-order valence-electron chi connectivity index (χ0n) is 8.82. The predicted molar refractivity (Wildman–Crippen MR) is 70.5 cm³/mol. The maximum Gasteiger partial charge on any atom is 0.169 e. The molecule has 2 nitrogen and oxygen atoms in total. The molecule has 1 heterocycles. The van der Waals surface area contributed by atoms with Gasteiger partial charge in [0.05, 0.1) is 17.3 Å². The third kappa shape index (κ3) is 1.72. The Kier molecular flexibility index (Phi) is 2.83. The van der Waals surface area contributed by atoms with E-state index in [0.717, 1.165) is 17.8 Å². The van der Waals surface area contributed by atoms with E-state index in [-0.39, 0.29) is 5.56 Å². The summed E-state index contributed by atoms with van der Waals surface area (Å²) in [4.78, 5) is 0. The molecule has 0 radical (unpaired) electrons. The summed E-state index contributed by atoms with van der Waals surface area (Å²) >= 11 is 4.27. The van der Waals surface area contributed by atoms with Crippen LogP contribution in [0.5, 0.6) is 0 Å². The Morgan fingerprint density at radius 2 is 1.89 bits per heavy atom. The van der Waals surface area contributed by atoms with Gasteiger partial charge in [-0.25, -0.2) is 8.78 Å². The van der Waals surface area contributed by atoms with Gasteiger partial charge in [-0.2, -0.15) is 8.75 Å². The topological polar surface area (TPSA) is 25.8 Å². The van der Waals surface area contributed by atoms with Gasteiger partial charge in [0, 0.05) is 16.1 Å². The first-order chi connectivity index (χ1) is 8.68. The van der Waals surface area contributed by atoms with Crippen LogP contribution in [0, 0.1) is 11.6 Å². The van der Waals surface area contributed by atoms with Gasteiger partial charge < -0.3 is 0 Å². The van der Waals surface area contributed by atoms with Gasteiger partial charge in [-0.3, -0.25) is 0 Å². The van der Waals surface area contributed by atoms with Crippen LogP contribution in [-0.2, 0) is 0 Å². The van der Waals surface area contributed by atoms with Crippen molar-refractivity contribution >= 4 is 38.7 Å². The first-order valence-electron chi connectivity index (χ1n) is 5.03. The first kappa shape index (κ1) is 11.7. The highest BCUT2D eigenvalue weighted by Crippen LogP contribution is 2.35. The number of rotatable bonds is 1. The average molecular weight is 327 g/mol. The summed E-state index contributed by atoms with van der Waals surface area (Å²) in [5.41, 5.74) is 1.45. The van der Waals surface area contributed by atoms with Crippen molar-refractivity contribution in [1.29, 1.82) is 0 Å². The average Bonchev–Trinajstić information content (AvgIpc) is 2.80. The highest BCUT2D eigenvalue weighted by Gasteiger charge is 2.19. The van der Waals surface area contributed by atoms with Crippen LogP contribution in [0.2, 0.25) is 0 Å². The molecule has 0 atom stereocenters. The summed E-state index contributed by atoms with van der Waals surface area (Å²) in [6, 6.07) is 8.11. The molecule has 90 valence electrons. The summed E-state index contributed by atoms with van der Waals surface area (Å²) < 4.78 is 36.2. The second-order valence-electron chi connectivity index (χ2n) is 3.66. The summed E-state index contributed by atoms with van der Waals surface area (Å²) in [6.45, 7) is 0. The van der Waals surface area contributed by atoms with E-state index in [0.29, 0.717) is 21.1 Å². The standard InChI is InChI=1S/C12H5BrF2N2S/c13-7-4-2-1-3-6(7)10-11(15)8(14)5-9-12(10)17-18-16-9/h1-5H. The Bertz CT molecular complexity index is 742. The van der Waals surface area contributed by atoms with Crippen molar-refractivity contribution in [3.8, 4) is 11.1 Å². The molecule has 0 saturated carbocycles. The number of hydrogen-bond donors (Lipinski definition) is 0. The van der Waals surface area contributed by atoms with E-state index in [9.17, 15) is 8.78 Å². The van der Waals surface area contributed by atoms with Crippen LogP contribution in [0.3, 0.4) is 0 Å². The minimum absolute atomic E-state index is 0.145. The van der Waals surface area contributed by atoms with Crippen molar-refractivity contribution in [2.24, 2.45) is 0 Å². The molecule has 3 rings (SSSR count). The number of nitrogens with zero attached hydrogens (tertiary/aromatic N) is 2. The van der Waals surface area contributed by atoms with E-state index in [4.69, 9.17) is 0 Å². The summed E-state index contributed by atoms with van der Waals surface area (Å²) in [5.74, 6) is -1.82. The maximum absolute atomic E-state index is 14.0. The van der Waals surface area contributed by atoms with Crippen LogP contribution in [0.4, 0.5) is 8.78 Å². The lowest BCUT2D eigenvalue weighted by molar-refractivity contribution is 0.513. The summed E-state index contributed by atoms with van der Waals surface area (Å²) in [5, 5.41) is 0. The molecule has 1 aromatic heterocycles. The summed E-state index contributed by atoms with van der Waals surface area (Å²) in [7, 11) is 0. The van der Waals surface area contributed by atoms with E-state index in [1.54, 1.807) is 24.3 Å². The van der Waals surface area contributed by atoms with Crippen molar-refractivity contribution in [3.05, 3.63) is 46.4 Å². The lowest BCUT2D eigenvalue weighted by Gasteiger charge is -2.07. The predicted octanol–water partition coefficient (Wildman–Crippen LogP) is 4.40. The zero-order valence-corrected chi connectivity index (χ0v) is 11.2. The Labute approximate surface area is 114 Å². The third-order valence-electron chi connectivity index (χ3n) is 2.59. The van der Waals surface area contributed by atoms with Gasteiger partial charge in [-0.05, 0) is 6.07 Å². The lowest BCUT2D eigenvalue weighted by Crippen LogP contribution is -1.92. The fourth-order valence-electron chi connectivity index (χ4n) is 1.78. The number of hydrogen-bond acceptors (Lipinski definition) is 3. The Morgan fingerprint density at radius 3 is 2.67 bits per heavy atom. The maximum atomic E-state index is 14.0. The third-order valence-corrected chi connectivity index (χ3v) is 3.82. The SMILES string of the molecule is Fc1cc2nsnc2c(-c2ccccc2Br)c1F. The van der Waals surface area contributed by atoms with Crippen molar-refractivity contribution in [1.82, 2.24) is 8.75 Å². The second-order valence-corrected chi connectivity index (χ2v) is 5.04. The minimum Gasteiger partial charge on any atom is -0.204 e. The molecular formula is C12H5BrF2N2S. The molecule has 0 aliphatic rings. The Morgan fingerprint density at radius 1 is 1.11 bits per heavy atom. The molecule has 0 bridgehead atoms. The number of fused-ring (bicyclic) bond motifs is 1. The molecule has 0 fully saturated rings. The highest BCUT2D eigenvalue weighted by molar-refractivity contribution is 9.10. The van der Waals surface area contributed by atoms with Crippen molar-refractivity contribution in [2.75, 3.05) is 0 Å². The van der Waals surface area contributed by atoms with Gasteiger partial charge in [0.25, 0.3) is 0 Å². The van der Waals surface area contributed by atoms with Crippen LogP contribution in [-0.4, -0.2) is 8.75 Å².